The smallest absolute Gasteiger partial charge is 0.153 e. The predicted octanol–water partition coefficient (Wildman–Crippen LogP) is 1.08. The number of hydrogen-bond acceptors (Lipinski definition) is 5. The Morgan fingerprint density at radius 1 is 1.35 bits per heavy atom. The van der Waals surface area contributed by atoms with Crippen molar-refractivity contribution in [3.63, 3.8) is 0 Å². The van der Waals surface area contributed by atoms with Crippen LogP contribution >= 0.6 is 0 Å². The molecule has 5 nitrogen and oxygen atoms in total. The highest BCUT2D eigenvalue weighted by Crippen LogP contribution is 2.22. The number of benzene rings is 1. The average Bonchev–Trinajstić information content (AvgIpc) is 2.97. The monoisotopic (exact) mass is 239 g/mol. The van der Waals surface area contributed by atoms with E-state index in [0.29, 0.717) is 17.1 Å². The summed E-state index contributed by atoms with van der Waals surface area (Å²) in [5, 5.41) is 3.00. The predicted molar refractivity (Wildman–Crippen MR) is 63.8 cm³/mol. The van der Waals surface area contributed by atoms with E-state index >= 15 is 0 Å². The van der Waals surface area contributed by atoms with Crippen LogP contribution in [0, 0.1) is 0 Å². The third-order valence-corrected chi connectivity index (χ3v) is 2.19. The van der Waals surface area contributed by atoms with Gasteiger partial charge in [0.25, 0.3) is 0 Å². The number of rotatable bonds is 3. The maximum Gasteiger partial charge on any atom is 0.153 e. The van der Waals surface area contributed by atoms with E-state index in [-0.39, 0.29) is 0 Å². The van der Waals surface area contributed by atoms with E-state index in [4.69, 9.17) is 14.2 Å². The minimum Gasteiger partial charge on any atom is -0.497 e. The fourth-order valence-electron chi connectivity index (χ4n) is 1.28. The lowest BCUT2D eigenvalue weighted by atomic mass is 10.2. The molecule has 1 aromatic rings. The summed E-state index contributed by atoms with van der Waals surface area (Å²) >= 11 is 0. The molecule has 2 rings (SSSR count). The van der Waals surface area contributed by atoms with Crippen LogP contribution in [0.2, 0.25) is 0 Å². The van der Waals surface area contributed by atoms with Crippen molar-refractivity contribution in [2.24, 2.45) is 0 Å². The van der Waals surface area contributed by atoms with Crippen molar-refractivity contribution in [1.29, 1.82) is 0 Å². The van der Waals surface area contributed by atoms with Crippen molar-refractivity contribution in [1.82, 2.24) is 5.32 Å². The zero-order valence-corrected chi connectivity index (χ0v) is 10.1. The zero-order valence-electron chi connectivity index (χ0n) is 10.1. The van der Waals surface area contributed by atoms with Crippen molar-refractivity contribution in [2.45, 2.75) is 0 Å². The molecular weight excluding hydrogens is 222 g/mol. The highest BCUT2D eigenvalue weighted by molar-refractivity contribution is 5.79. The molecule has 1 fully saturated rings. The minimum absolute atomic E-state index is 0.526. The summed E-state index contributed by atoms with van der Waals surface area (Å²) < 4.78 is 14.8. The summed E-state index contributed by atoms with van der Waals surface area (Å²) in [5.41, 5.74) is 0.526. The molecule has 1 aromatic carbocycles. The van der Waals surface area contributed by atoms with Gasteiger partial charge in [0, 0.05) is 12.6 Å². The lowest BCUT2D eigenvalue weighted by molar-refractivity contribution is 0.112. The molecule has 0 spiro atoms. The third kappa shape index (κ3) is 4.42. The van der Waals surface area contributed by atoms with Crippen LogP contribution in [-0.4, -0.2) is 40.4 Å². The van der Waals surface area contributed by atoms with Gasteiger partial charge in [-0.2, -0.15) is 0 Å². The Bertz CT molecular complexity index is 343. The first-order valence-electron chi connectivity index (χ1n) is 5.27. The molecule has 0 bridgehead atoms. The van der Waals surface area contributed by atoms with Gasteiger partial charge in [-0.1, -0.05) is 0 Å². The Labute approximate surface area is 101 Å². The molecular formula is C12H17NO4. The van der Waals surface area contributed by atoms with Gasteiger partial charge in [0.15, 0.2) is 6.29 Å². The lowest BCUT2D eigenvalue weighted by Gasteiger charge is -2.05. The number of ether oxygens (including phenoxy) is 3. The van der Waals surface area contributed by atoms with E-state index in [0.717, 1.165) is 26.2 Å². The Morgan fingerprint density at radius 2 is 2.18 bits per heavy atom. The molecule has 0 aliphatic carbocycles. The van der Waals surface area contributed by atoms with E-state index < -0.39 is 0 Å². The van der Waals surface area contributed by atoms with Gasteiger partial charge < -0.3 is 14.2 Å². The third-order valence-electron chi connectivity index (χ3n) is 2.19. The second-order valence-corrected chi connectivity index (χ2v) is 3.28. The van der Waals surface area contributed by atoms with Crippen molar-refractivity contribution < 1.29 is 19.0 Å². The number of carbonyl (C=O) groups is 1. The van der Waals surface area contributed by atoms with Crippen molar-refractivity contribution in [3.8, 4) is 11.5 Å². The van der Waals surface area contributed by atoms with Crippen molar-refractivity contribution in [3.05, 3.63) is 23.8 Å². The zero-order chi connectivity index (χ0) is 12.5. The fraction of sp³-hybridized carbons (Fsp3) is 0.417. The van der Waals surface area contributed by atoms with E-state index in [9.17, 15) is 4.79 Å². The SMILES string of the molecule is C1COCN1.COc1ccc(C=O)c(OC)c1. The molecule has 17 heavy (non-hydrogen) atoms. The second kappa shape index (κ2) is 7.65. The van der Waals surface area contributed by atoms with Gasteiger partial charge in [-0.05, 0) is 12.1 Å². The molecule has 0 aromatic heterocycles. The van der Waals surface area contributed by atoms with Gasteiger partial charge in [-0.25, -0.2) is 0 Å². The summed E-state index contributed by atoms with van der Waals surface area (Å²) in [6.07, 6.45) is 0.748. The first kappa shape index (κ1) is 13.5. The first-order valence-corrected chi connectivity index (χ1v) is 5.27. The van der Waals surface area contributed by atoms with Crippen LogP contribution in [0.5, 0.6) is 11.5 Å². The Morgan fingerprint density at radius 3 is 2.59 bits per heavy atom. The van der Waals surface area contributed by atoms with Crippen LogP contribution in [0.1, 0.15) is 10.4 Å². The first-order chi connectivity index (χ1) is 8.31. The van der Waals surface area contributed by atoms with Crippen LogP contribution in [-0.2, 0) is 4.74 Å². The summed E-state index contributed by atoms with van der Waals surface area (Å²) in [6, 6.07) is 5.04. The molecule has 1 aliphatic rings. The number of hydrogen-bond donors (Lipinski definition) is 1. The van der Waals surface area contributed by atoms with Gasteiger partial charge >= 0.3 is 0 Å². The lowest BCUT2D eigenvalue weighted by Crippen LogP contribution is -2.05. The van der Waals surface area contributed by atoms with Crippen LogP contribution in [0.25, 0.3) is 0 Å². The molecule has 0 atom stereocenters. The molecule has 5 heteroatoms. The molecule has 1 heterocycles. The van der Waals surface area contributed by atoms with Crippen LogP contribution in [0.15, 0.2) is 18.2 Å². The van der Waals surface area contributed by atoms with E-state index in [2.05, 4.69) is 5.32 Å². The number of nitrogens with one attached hydrogen (secondary N) is 1. The van der Waals surface area contributed by atoms with Gasteiger partial charge in [0.1, 0.15) is 11.5 Å². The normalized spacial score (nSPS) is 13.5. The van der Waals surface area contributed by atoms with Crippen LogP contribution < -0.4 is 14.8 Å². The maximum atomic E-state index is 10.5. The van der Waals surface area contributed by atoms with Gasteiger partial charge in [0.05, 0.1) is 33.1 Å². The van der Waals surface area contributed by atoms with Crippen molar-refractivity contribution in [2.75, 3.05) is 34.1 Å². The summed E-state index contributed by atoms with van der Waals surface area (Å²) in [6.45, 7) is 2.67. The van der Waals surface area contributed by atoms with Crippen LogP contribution in [0.3, 0.4) is 0 Å². The molecule has 1 N–H and O–H groups in total. The van der Waals surface area contributed by atoms with Crippen molar-refractivity contribution >= 4 is 6.29 Å². The summed E-state index contributed by atoms with van der Waals surface area (Å²) in [7, 11) is 3.08. The maximum absolute atomic E-state index is 10.5. The van der Waals surface area contributed by atoms with Crippen LogP contribution in [0.4, 0.5) is 0 Å². The Balaban J connectivity index is 0.000000239. The quantitative estimate of drug-likeness (QED) is 0.800. The Hall–Kier alpha value is -1.59. The standard InChI is InChI=1S/C9H10O3.C3H7NO/c1-11-8-4-3-7(6-10)9(5-8)12-2;1-2-5-3-4-1/h3-6H,1-2H3;4H,1-3H2. The summed E-state index contributed by atoms with van der Waals surface area (Å²) in [5.74, 6) is 1.21. The molecule has 0 unspecified atom stereocenters. The highest BCUT2D eigenvalue weighted by Gasteiger charge is 2.02. The fourth-order valence-corrected chi connectivity index (χ4v) is 1.28. The molecule has 1 aliphatic heterocycles. The molecule has 0 radical (unpaired) electrons. The van der Waals surface area contributed by atoms with E-state index in [1.54, 1.807) is 25.3 Å². The van der Waals surface area contributed by atoms with E-state index in [1.807, 2.05) is 0 Å². The average molecular weight is 239 g/mol. The second-order valence-electron chi connectivity index (χ2n) is 3.28. The van der Waals surface area contributed by atoms with Gasteiger partial charge in [-0.15, -0.1) is 0 Å². The molecule has 1 saturated heterocycles. The summed E-state index contributed by atoms with van der Waals surface area (Å²) in [4.78, 5) is 10.5. The molecule has 0 amide bonds. The van der Waals surface area contributed by atoms with E-state index in [1.165, 1.54) is 7.11 Å². The molecule has 0 saturated carbocycles. The highest BCUT2D eigenvalue weighted by atomic mass is 16.5. The topological polar surface area (TPSA) is 56.8 Å². The van der Waals surface area contributed by atoms with Gasteiger partial charge in [0.2, 0.25) is 0 Å². The van der Waals surface area contributed by atoms with Gasteiger partial charge in [-0.3, -0.25) is 10.1 Å². The Kier molecular flexibility index (Phi) is 6.06. The number of methoxy groups -OCH3 is 2. The largest absolute Gasteiger partial charge is 0.497 e. The molecule has 94 valence electrons. The minimum atomic E-state index is 0.526. The number of aldehydes is 1. The number of carbonyl (C=O) groups excluding carboxylic acids is 1.